The zero-order valence-corrected chi connectivity index (χ0v) is 12.9. The van der Waals surface area contributed by atoms with E-state index < -0.39 is 0 Å². The molecule has 0 atom stereocenters. The molecule has 1 aliphatic heterocycles. The molecule has 0 N–H and O–H groups in total. The van der Waals surface area contributed by atoms with E-state index in [9.17, 15) is 4.79 Å². The van der Waals surface area contributed by atoms with Gasteiger partial charge in [-0.1, -0.05) is 17.5 Å². The third kappa shape index (κ3) is 4.96. The molecular formula is C16H19ClN2O2. The quantitative estimate of drug-likeness (QED) is 0.796. The molecule has 1 fully saturated rings. The van der Waals surface area contributed by atoms with E-state index >= 15 is 0 Å². The van der Waals surface area contributed by atoms with E-state index in [0.29, 0.717) is 11.6 Å². The molecule has 0 aromatic heterocycles. The van der Waals surface area contributed by atoms with Crippen LogP contribution in [0, 0.1) is 11.8 Å². The molecule has 0 saturated carbocycles. The second-order valence-corrected chi connectivity index (χ2v) is 5.25. The van der Waals surface area contributed by atoms with Gasteiger partial charge in [0, 0.05) is 37.7 Å². The molecule has 1 heterocycles. The molecule has 1 aliphatic rings. The van der Waals surface area contributed by atoms with Crippen LogP contribution in [0.2, 0.25) is 5.02 Å². The van der Waals surface area contributed by atoms with Crippen LogP contribution in [0.25, 0.3) is 0 Å². The van der Waals surface area contributed by atoms with Crippen molar-refractivity contribution in [3.8, 4) is 17.6 Å². The zero-order valence-electron chi connectivity index (χ0n) is 12.1. The molecule has 0 bridgehead atoms. The third-order valence-corrected chi connectivity index (χ3v) is 3.63. The van der Waals surface area contributed by atoms with Crippen molar-refractivity contribution in [2.24, 2.45) is 0 Å². The Labute approximate surface area is 130 Å². The maximum Gasteiger partial charge on any atom is 0.298 e. The molecule has 1 aromatic carbocycles. The lowest BCUT2D eigenvalue weighted by molar-refractivity contribution is -0.126. The monoisotopic (exact) mass is 306 g/mol. The third-order valence-electron chi connectivity index (χ3n) is 3.38. The molecule has 2 rings (SSSR count). The molecule has 21 heavy (non-hydrogen) atoms. The number of halogens is 1. The highest BCUT2D eigenvalue weighted by atomic mass is 35.5. The van der Waals surface area contributed by atoms with E-state index in [1.165, 1.54) is 0 Å². The van der Waals surface area contributed by atoms with Crippen molar-refractivity contribution in [1.29, 1.82) is 0 Å². The van der Waals surface area contributed by atoms with Gasteiger partial charge in [0.25, 0.3) is 5.91 Å². The highest BCUT2D eigenvalue weighted by molar-refractivity contribution is 6.30. The van der Waals surface area contributed by atoms with Gasteiger partial charge in [0.05, 0.1) is 0 Å². The molecule has 0 spiro atoms. The number of ether oxygens (including phenoxy) is 1. The van der Waals surface area contributed by atoms with Gasteiger partial charge < -0.3 is 9.64 Å². The fourth-order valence-corrected chi connectivity index (χ4v) is 2.31. The molecule has 0 unspecified atom stereocenters. The van der Waals surface area contributed by atoms with E-state index in [4.69, 9.17) is 16.3 Å². The Morgan fingerprint density at radius 3 is 2.52 bits per heavy atom. The largest absolute Gasteiger partial charge is 0.492 e. The lowest BCUT2D eigenvalue weighted by atomic mass is 10.3. The number of hydrogen-bond donors (Lipinski definition) is 0. The highest BCUT2D eigenvalue weighted by Crippen LogP contribution is 2.15. The summed E-state index contributed by atoms with van der Waals surface area (Å²) in [5.74, 6) is 5.98. The van der Waals surface area contributed by atoms with Crippen LogP contribution in [-0.2, 0) is 4.79 Å². The van der Waals surface area contributed by atoms with Gasteiger partial charge in [0.15, 0.2) is 0 Å². The summed E-state index contributed by atoms with van der Waals surface area (Å²) in [6, 6.07) is 7.36. The predicted octanol–water partition coefficient (Wildman–Crippen LogP) is 1.89. The number of nitrogens with zero attached hydrogens (tertiary/aromatic N) is 2. The van der Waals surface area contributed by atoms with Crippen molar-refractivity contribution >= 4 is 17.5 Å². The topological polar surface area (TPSA) is 32.8 Å². The first-order valence-corrected chi connectivity index (χ1v) is 7.39. The van der Waals surface area contributed by atoms with Crippen LogP contribution in [0.15, 0.2) is 24.3 Å². The van der Waals surface area contributed by atoms with Crippen molar-refractivity contribution in [2.75, 3.05) is 39.3 Å². The molecule has 5 heteroatoms. The maximum atomic E-state index is 11.6. The molecule has 1 amide bonds. The van der Waals surface area contributed by atoms with Crippen molar-refractivity contribution in [1.82, 2.24) is 9.80 Å². The second kappa shape index (κ2) is 7.92. The van der Waals surface area contributed by atoms with Crippen LogP contribution in [0.1, 0.15) is 6.92 Å². The van der Waals surface area contributed by atoms with Crippen LogP contribution < -0.4 is 4.74 Å². The number of carbonyl (C=O) groups excluding carboxylic acids is 1. The smallest absolute Gasteiger partial charge is 0.298 e. The van der Waals surface area contributed by atoms with Gasteiger partial charge in [-0.05, 0) is 37.1 Å². The minimum Gasteiger partial charge on any atom is -0.492 e. The normalized spacial score (nSPS) is 15.2. The van der Waals surface area contributed by atoms with Gasteiger partial charge in [-0.2, -0.15) is 0 Å². The summed E-state index contributed by atoms with van der Waals surface area (Å²) in [4.78, 5) is 15.7. The number of hydrogen-bond acceptors (Lipinski definition) is 3. The van der Waals surface area contributed by atoms with Gasteiger partial charge in [-0.15, -0.1) is 0 Å². The SMILES string of the molecule is CC#CC(=O)N1CCN(CCOc2ccc(Cl)cc2)CC1. The number of rotatable bonds is 4. The molecule has 0 radical (unpaired) electrons. The van der Waals surface area contributed by atoms with Crippen LogP contribution in [0.5, 0.6) is 5.75 Å². The molecular weight excluding hydrogens is 288 g/mol. The Bertz CT molecular complexity index is 525. The molecule has 1 aromatic rings. The highest BCUT2D eigenvalue weighted by Gasteiger charge is 2.19. The Hall–Kier alpha value is -1.70. The minimum atomic E-state index is -0.0745. The zero-order chi connectivity index (χ0) is 15.1. The van der Waals surface area contributed by atoms with Crippen molar-refractivity contribution in [3.63, 3.8) is 0 Å². The lowest BCUT2D eigenvalue weighted by Gasteiger charge is -2.33. The summed E-state index contributed by atoms with van der Waals surface area (Å²) >= 11 is 5.82. The van der Waals surface area contributed by atoms with Gasteiger partial charge in [-0.3, -0.25) is 9.69 Å². The minimum absolute atomic E-state index is 0.0745. The van der Waals surface area contributed by atoms with E-state index in [1.54, 1.807) is 11.8 Å². The molecule has 112 valence electrons. The Kier molecular flexibility index (Phi) is 5.91. The molecule has 0 aliphatic carbocycles. The van der Waals surface area contributed by atoms with E-state index in [1.807, 2.05) is 24.3 Å². The van der Waals surface area contributed by atoms with Gasteiger partial charge in [-0.25, -0.2) is 0 Å². The second-order valence-electron chi connectivity index (χ2n) is 4.81. The first-order chi connectivity index (χ1) is 10.2. The number of benzene rings is 1. The Morgan fingerprint density at radius 1 is 1.24 bits per heavy atom. The van der Waals surface area contributed by atoms with Gasteiger partial charge in [0.2, 0.25) is 0 Å². The standard InChI is InChI=1S/C16H19ClN2O2/c1-2-3-16(20)19-10-8-18(9-11-19)12-13-21-15-6-4-14(17)5-7-15/h4-7H,8-13H2,1H3. The maximum absolute atomic E-state index is 11.6. The summed E-state index contributed by atoms with van der Waals surface area (Å²) in [7, 11) is 0. The van der Waals surface area contributed by atoms with Crippen molar-refractivity contribution < 1.29 is 9.53 Å². The van der Waals surface area contributed by atoms with Gasteiger partial charge >= 0.3 is 0 Å². The average molecular weight is 307 g/mol. The first-order valence-electron chi connectivity index (χ1n) is 7.01. The van der Waals surface area contributed by atoms with Gasteiger partial charge in [0.1, 0.15) is 12.4 Å². The molecule has 4 nitrogen and oxygen atoms in total. The Morgan fingerprint density at radius 2 is 1.90 bits per heavy atom. The van der Waals surface area contributed by atoms with Crippen LogP contribution in [0.4, 0.5) is 0 Å². The van der Waals surface area contributed by atoms with Crippen molar-refractivity contribution in [3.05, 3.63) is 29.3 Å². The fourth-order valence-electron chi connectivity index (χ4n) is 2.18. The lowest BCUT2D eigenvalue weighted by Crippen LogP contribution is -2.49. The van der Waals surface area contributed by atoms with E-state index in [0.717, 1.165) is 38.5 Å². The van der Waals surface area contributed by atoms with E-state index in [2.05, 4.69) is 16.7 Å². The van der Waals surface area contributed by atoms with Crippen molar-refractivity contribution in [2.45, 2.75) is 6.92 Å². The number of carbonyl (C=O) groups is 1. The summed E-state index contributed by atoms with van der Waals surface area (Å²) in [6.07, 6.45) is 0. The number of amides is 1. The molecule has 1 saturated heterocycles. The first kappa shape index (κ1) is 15.7. The summed E-state index contributed by atoms with van der Waals surface area (Å²) in [5, 5.41) is 0.707. The summed E-state index contributed by atoms with van der Waals surface area (Å²) in [6.45, 7) is 6.35. The fraction of sp³-hybridized carbons (Fsp3) is 0.438. The predicted molar refractivity (Wildman–Crippen MR) is 83.4 cm³/mol. The average Bonchev–Trinajstić information content (AvgIpc) is 2.50. The summed E-state index contributed by atoms with van der Waals surface area (Å²) < 4.78 is 5.67. The number of piperazine rings is 1. The van der Waals surface area contributed by atoms with Crippen LogP contribution >= 0.6 is 11.6 Å². The van der Waals surface area contributed by atoms with Crippen LogP contribution in [0.3, 0.4) is 0 Å². The summed E-state index contributed by atoms with van der Waals surface area (Å²) in [5.41, 5.74) is 0. The van der Waals surface area contributed by atoms with E-state index in [-0.39, 0.29) is 5.91 Å². The Balaban J connectivity index is 1.68. The van der Waals surface area contributed by atoms with Crippen LogP contribution in [-0.4, -0.2) is 55.0 Å².